The van der Waals surface area contributed by atoms with Crippen LogP contribution in [-0.2, 0) is 10.0 Å². The molecule has 1 saturated carbocycles. The van der Waals surface area contributed by atoms with E-state index in [1.165, 1.54) is 0 Å². The summed E-state index contributed by atoms with van der Waals surface area (Å²) in [4.78, 5) is -0.114. The van der Waals surface area contributed by atoms with Gasteiger partial charge in [-0.2, -0.15) is 0 Å². The van der Waals surface area contributed by atoms with E-state index in [0.717, 1.165) is 49.9 Å². The molecule has 0 aromatic heterocycles. The first-order valence-electron chi connectivity index (χ1n) is 8.48. The lowest BCUT2D eigenvalue weighted by atomic mass is 9.82. The number of nitrogens with one attached hydrogen (secondary N) is 3. The maximum Gasteiger partial charge on any atom is 0.573 e. The molecule has 152 valence electrons. The van der Waals surface area contributed by atoms with Gasteiger partial charge in [-0.25, -0.2) is 13.1 Å². The molecule has 0 aliphatic heterocycles. The largest absolute Gasteiger partial charge is 0.573 e. The second kappa shape index (κ2) is 8.79. The van der Waals surface area contributed by atoms with Gasteiger partial charge in [0, 0.05) is 13.1 Å². The van der Waals surface area contributed by atoms with Crippen molar-refractivity contribution < 1.29 is 26.3 Å². The van der Waals surface area contributed by atoms with Gasteiger partial charge >= 0.3 is 6.36 Å². The van der Waals surface area contributed by atoms with E-state index in [2.05, 4.69) is 14.8 Å². The van der Waals surface area contributed by atoms with Gasteiger partial charge in [-0.05, 0) is 61.8 Å². The van der Waals surface area contributed by atoms with Gasteiger partial charge in [0.2, 0.25) is 10.0 Å². The molecular weight excluding hydrogens is 385 g/mol. The van der Waals surface area contributed by atoms with Crippen LogP contribution in [-0.4, -0.2) is 33.8 Å². The van der Waals surface area contributed by atoms with Crippen LogP contribution in [0, 0.1) is 17.2 Å². The highest BCUT2D eigenvalue weighted by atomic mass is 32.2. The van der Waals surface area contributed by atoms with Crippen LogP contribution in [0.5, 0.6) is 5.75 Å². The molecule has 5 N–H and O–H groups in total. The normalized spacial score (nSPS) is 20.9. The van der Waals surface area contributed by atoms with E-state index in [4.69, 9.17) is 11.1 Å². The Morgan fingerprint density at radius 1 is 1.11 bits per heavy atom. The zero-order valence-corrected chi connectivity index (χ0v) is 15.4. The minimum absolute atomic E-state index is 0.0588. The molecule has 27 heavy (non-hydrogen) atoms. The summed E-state index contributed by atoms with van der Waals surface area (Å²) >= 11 is 0. The van der Waals surface area contributed by atoms with Gasteiger partial charge in [0.15, 0.2) is 5.96 Å². The zero-order chi connectivity index (χ0) is 20.1. The molecule has 0 unspecified atom stereocenters. The molecule has 0 spiro atoms. The molecule has 0 heterocycles. The Hall–Kier alpha value is -2.01. The third kappa shape index (κ3) is 7.25. The van der Waals surface area contributed by atoms with Gasteiger partial charge in [-0.3, -0.25) is 5.41 Å². The standard InChI is InChI=1S/C16H23F3N4O3S/c17-16(18,19)26-13-5-7-14(8-6-13)27(24,25)23-10-12-3-1-11(2-4-12)9-22-15(20)21/h5-8,11-12,23H,1-4,9-10H2,(H4,20,21,22)/t11-,12-. The third-order valence-corrected chi connectivity index (χ3v) is 5.92. The predicted octanol–water partition coefficient (Wildman–Crippen LogP) is 2.15. The van der Waals surface area contributed by atoms with Crippen molar-refractivity contribution in [3.8, 4) is 5.75 Å². The summed E-state index contributed by atoms with van der Waals surface area (Å²) < 4.78 is 67.3. The fourth-order valence-corrected chi connectivity index (χ4v) is 4.14. The van der Waals surface area contributed by atoms with Crippen molar-refractivity contribution in [3.63, 3.8) is 0 Å². The number of ether oxygens (including phenoxy) is 1. The molecule has 1 aromatic carbocycles. The van der Waals surface area contributed by atoms with E-state index in [1.807, 2.05) is 0 Å². The summed E-state index contributed by atoms with van der Waals surface area (Å²) in [5, 5.41) is 9.95. The molecule has 0 radical (unpaired) electrons. The van der Waals surface area contributed by atoms with Gasteiger partial charge in [-0.15, -0.1) is 13.2 Å². The number of rotatable bonds is 7. The van der Waals surface area contributed by atoms with Crippen LogP contribution in [0.3, 0.4) is 0 Å². The fraction of sp³-hybridized carbons (Fsp3) is 0.562. The van der Waals surface area contributed by atoms with E-state index in [1.54, 1.807) is 0 Å². The van der Waals surface area contributed by atoms with Crippen molar-refractivity contribution in [3.05, 3.63) is 24.3 Å². The van der Waals surface area contributed by atoms with Gasteiger partial charge in [0.25, 0.3) is 0 Å². The minimum Gasteiger partial charge on any atom is -0.406 e. The van der Waals surface area contributed by atoms with Crippen molar-refractivity contribution >= 4 is 16.0 Å². The van der Waals surface area contributed by atoms with Crippen LogP contribution in [0.1, 0.15) is 25.7 Å². The summed E-state index contributed by atoms with van der Waals surface area (Å²) in [7, 11) is -3.80. The molecule has 1 aliphatic rings. The maximum atomic E-state index is 12.3. The summed E-state index contributed by atoms with van der Waals surface area (Å²) in [6.07, 6.45) is -1.29. The van der Waals surface area contributed by atoms with Crippen molar-refractivity contribution in [2.45, 2.75) is 36.9 Å². The molecule has 1 aliphatic carbocycles. The quantitative estimate of drug-likeness (QED) is 0.407. The second-order valence-electron chi connectivity index (χ2n) is 6.55. The lowest BCUT2D eigenvalue weighted by Crippen LogP contribution is -2.37. The lowest BCUT2D eigenvalue weighted by Gasteiger charge is -2.28. The van der Waals surface area contributed by atoms with Crippen LogP contribution in [0.25, 0.3) is 0 Å². The van der Waals surface area contributed by atoms with Crippen molar-refractivity contribution in [1.29, 1.82) is 5.41 Å². The monoisotopic (exact) mass is 408 g/mol. The molecule has 0 amide bonds. The van der Waals surface area contributed by atoms with Crippen LogP contribution in [0.15, 0.2) is 29.2 Å². The molecule has 1 aromatic rings. The van der Waals surface area contributed by atoms with Crippen LogP contribution < -0.4 is 20.5 Å². The first kappa shape index (κ1) is 21.3. The summed E-state index contributed by atoms with van der Waals surface area (Å²) in [5.74, 6) is 0.0691. The fourth-order valence-electron chi connectivity index (χ4n) is 3.03. The maximum absolute atomic E-state index is 12.3. The molecular formula is C16H23F3N4O3S. The Morgan fingerprint density at radius 2 is 1.63 bits per heavy atom. The number of alkyl halides is 3. The van der Waals surface area contributed by atoms with Crippen LogP contribution in [0.4, 0.5) is 13.2 Å². The first-order chi connectivity index (χ1) is 12.5. The molecule has 0 bridgehead atoms. The van der Waals surface area contributed by atoms with E-state index in [9.17, 15) is 21.6 Å². The SMILES string of the molecule is N=C(N)NC[C@H]1CC[C@H](CNS(=O)(=O)c2ccc(OC(F)(F)F)cc2)CC1. The van der Waals surface area contributed by atoms with E-state index >= 15 is 0 Å². The predicted molar refractivity (Wildman–Crippen MR) is 93.7 cm³/mol. The smallest absolute Gasteiger partial charge is 0.406 e. The molecule has 0 saturated heterocycles. The summed E-state index contributed by atoms with van der Waals surface area (Å²) in [6.45, 7) is 0.913. The second-order valence-corrected chi connectivity index (χ2v) is 8.32. The third-order valence-electron chi connectivity index (χ3n) is 4.48. The summed E-state index contributed by atoms with van der Waals surface area (Å²) in [6, 6.07) is 4.09. The van der Waals surface area contributed by atoms with E-state index in [0.29, 0.717) is 12.5 Å². The Bertz CT molecular complexity index is 730. The molecule has 7 nitrogen and oxygen atoms in total. The van der Waals surface area contributed by atoms with Crippen molar-refractivity contribution in [2.75, 3.05) is 13.1 Å². The summed E-state index contributed by atoms with van der Waals surface area (Å²) in [5.41, 5.74) is 5.26. The minimum atomic E-state index is -4.82. The topological polar surface area (TPSA) is 117 Å². The number of nitrogens with two attached hydrogens (primary N) is 1. The van der Waals surface area contributed by atoms with Gasteiger partial charge in [0.1, 0.15) is 5.75 Å². The van der Waals surface area contributed by atoms with Crippen LogP contribution >= 0.6 is 0 Å². The Kier molecular flexibility index (Phi) is 6.93. The molecule has 1 fully saturated rings. The molecule has 0 atom stereocenters. The average molecular weight is 408 g/mol. The number of halogens is 3. The number of guanidine groups is 1. The number of hydrogen-bond acceptors (Lipinski definition) is 4. The van der Waals surface area contributed by atoms with Gasteiger partial charge < -0.3 is 15.8 Å². The average Bonchev–Trinajstić information content (AvgIpc) is 2.58. The Balaban J connectivity index is 1.82. The Labute approximate surface area is 156 Å². The van der Waals surface area contributed by atoms with Crippen molar-refractivity contribution in [1.82, 2.24) is 10.0 Å². The molecule has 2 rings (SSSR count). The molecule has 11 heteroatoms. The van der Waals surface area contributed by atoms with E-state index in [-0.39, 0.29) is 23.3 Å². The van der Waals surface area contributed by atoms with Gasteiger partial charge in [0.05, 0.1) is 4.90 Å². The number of hydrogen-bond donors (Lipinski definition) is 4. The lowest BCUT2D eigenvalue weighted by molar-refractivity contribution is -0.274. The van der Waals surface area contributed by atoms with Gasteiger partial charge in [-0.1, -0.05) is 0 Å². The highest BCUT2D eigenvalue weighted by Gasteiger charge is 2.31. The number of benzene rings is 1. The Morgan fingerprint density at radius 3 is 2.11 bits per heavy atom. The highest BCUT2D eigenvalue weighted by Crippen LogP contribution is 2.28. The van der Waals surface area contributed by atoms with E-state index < -0.39 is 22.1 Å². The first-order valence-corrected chi connectivity index (χ1v) is 9.97. The zero-order valence-electron chi connectivity index (χ0n) is 14.6. The number of sulfonamides is 1. The van der Waals surface area contributed by atoms with Crippen LogP contribution in [0.2, 0.25) is 0 Å². The van der Waals surface area contributed by atoms with Crippen molar-refractivity contribution in [2.24, 2.45) is 17.6 Å². The highest BCUT2D eigenvalue weighted by molar-refractivity contribution is 7.89.